The molecule has 15 heavy (non-hydrogen) atoms. The highest BCUT2D eigenvalue weighted by Gasteiger charge is 2.18. The zero-order valence-electron chi connectivity index (χ0n) is 9.62. The molecule has 0 unspecified atom stereocenters. The highest BCUT2D eigenvalue weighted by atomic mass is 16.1. The van der Waals surface area contributed by atoms with Gasteiger partial charge in [-0.05, 0) is 24.7 Å². The standard InChI is InChI=1S/C11H18N2O2/c1-4-6-11(2,3)7-5-10(12-8-14)13-9-15/h10H,4-7H2,1-3H3. The van der Waals surface area contributed by atoms with Crippen molar-refractivity contribution in [2.75, 3.05) is 0 Å². The second-order valence-corrected chi connectivity index (χ2v) is 4.37. The van der Waals surface area contributed by atoms with E-state index in [1.54, 1.807) is 0 Å². The van der Waals surface area contributed by atoms with Crippen LogP contribution in [0.1, 0.15) is 46.5 Å². The molecule has 0 aliphatic heterocycles. The maximum Gasteiger partial charge on any atom is 0.237 e. The van der Waals surface area contributed by atoms with Crippen molar-refractivity contribution in [3.63, 3.8) is 0 Å². The van der Waals surface area contributed by atoms with E-state index in [2.05, 4.69) is 30.8 Å². The average Bonchev–Trinajstić information content (AvgIpc) is 2.15. The van der Waals surface area contributed by atoms with Gasteiger partial charge >= 0.3 is 0 Å². The average molecular weight is 210 g/mol. The Kier molecular flexibility index (Phi) is 6.52. The summed E-state index contributed by atoms with van der Waals surface area (Å²) in [5.74, 6) is 0. The van der Waals surface area contributed by atoms with Crippen LogP contribution in [0.2, 0.25) is 0 Å². The second kappa shape index (κ2) is 7.10. The van der Waals surface area contributed by atoms with Crippen LogP contribution in [0.25, 0.3) is 0 Å². The van der Waals surface area contributed by atoms with E-state index in [1.165, 1.54) is 12.2 Å². The van der Waals surface area contributed by atoms with Gasteiger partial charge in [-0.15, -0.1) is 0 Å². The topological polar surface area (TPSA) is 58.9 Å². The smallest absolute Gasteiger partial charge is 0.211 e. The summed E-state index contributed by atoms with van der Waals surface area (Å²) in [5, 5.41) is 0. The fraction of sp³-hybridized carbons (Fsp3) is 0.818. The third-order valence-electron chi connectivity index (χ3n) is 2.41. The number of aliphatic imine (C=N–C) groups is 2. The summed E-state index contributed by atoms with van der Waals surface area (Å²) >= 11 is 0. The molecule has 4 heteroatoms. The zero-order chi connectivity index (χ0) is 11.7. The summed E-state index contributed by atoms with van der Waals surface area (Å²) in [5.41, 5.74) is 0.198. The molecule has 0 aromatic carbocycles. The molecule has 0 amide bonds. The van der Waals surface area contributed by atoms with Crippen LogP contribution in [-0.2, 0) is 9.59 Å². The van der Waals surface area contributed by atoms with Crippen LogP contribution in [-0.4, -0.2) is 18.3 Å². The molecule has 0 aliphatic carbocycles. The van der Waals surface area contributed by atoms with Gasteiger partial charge in [0.2, 0.25) is 12.2 Å². The summed E-state index contributed by atoms with van der Waals surface area (Å²) in [7, 11) is 0. The van der Waals surface area contributed by atoms with E-state index >= 15 is 0 Å². The molecule has 0 heterocycles. The van der Waals surface area contributed by atoms with Crippen molar-refractivity contribution in [3.8, 4) is 0 Å². The van der Waals surface area contributed by atoms with Crippen molar-refractivity contribution < 1.29 is 9.59 Å². The van der Waals surface area contributed by atoms with Crippen LogP contribution in [0.5, 0.6) is 0 Å². The lowest BCUT2D eigenvalue weighted by Gasteiger charge is -2.24. The van der Waals surface area contributed by atoms with Gasteiger partial charge < -0.3 is 0 Å². The maximum atomic E-state index is 10.1. The third-order valence-corrected chi connectivity index (χ3v) is 2.41. The van der Waals surface area contributed by atoms with E-state index in [0.29, 0.717) is 6.42 Å². The molecule has 0 atom stereocenters. The van der Waals surface area contributed by atoms with Gasteiger partial charge in [-0.1, -0.05) is 27.2 Å². The first-order valence-electron chi connectivity index (χ1n) is 5.19. The molecule has 0 spiro atoms. The summed E-state index contributed by atoms with van der Waals surface area (Å²) in [6.07, 6.45) is 5.94. The predicted octanol–water partition coefficient (Wildman–Crippen LogP) is 2.59. The largest absolute Gasteiger partial charge is 0.237 e. The number of rotatable bonds is 7. The van der Waals surface area contributed by atoms with Gasteiger partial charge in [-0.2, -0.15) is 9.98 Å². The van der Waals surface area contributed by atoms with E-state index in [1.807, 2.05) is 0 Å². The van der Waals surface area contributed by atoms with E-state index < -0.39 is 6.17 Å². The zero-order valence-corrected chi connectivity index (χ0v) is 9.62. The van der Waals surface area contributed by atoms with E-state index in [-0.39, 0.29) is 5.41 Å². The Hall–Kier alpha value is -1.24. The molecule has 0 fully saturated rings. The molecule has 0 radical (unpaired) electrons. The van der Waals surface area contributed by atoms with Crippen molar-refractivity contribution in [1.29, 1.82) is 0 Å². The minimum atomic E-state index is -0.601. The van der Waals surface area contributed by atoms with E-state index in [9.17, 15) is 9.59 Å². The van der Waals surface area contributed by atoms with Crippen molar-refractivity contribution in [2.45, 2.75) is 52.6 Å². The molecular formula is C11H18N2O2. The van der Waals surface area contributed by atoms with Gasteiger partial charge in [0.1, 0.15) is 0 Å². The summed E-state index contributed by atoms with van der Waals surface area (Å²) in [4.78, 5) is 27.0. The van der Waals surface area contributed by atoms with Crippen molar-refractivity contribution in [2.24, 2.45) is 15.4 Å². The lowest BCUT2D eigenvalue weighted by atomic mass is 9.83. The van der Waals surface area contributed by atoms with Gasteiger partial charge in [-0.25, -0.2) is 9.59 Å². The minimum absolute atomic E-state index is 0.198. The molecule has 0 N–H and O–H groups in total. The van der Waals surface area contributed by atoms with Crippen LogP contribution in [0.4, 0.5) is 0 Å². The molecule has 0 bridgehead atoms. The first-order chi connectivity index (χ1) is 7.05. The van der Waals surface area contributed by atoms with E-state index in [4.69, 9.17) is 0 Å². The van der Waals surface area contributed by atoms with Crippen molar-refractivity contribution in [3.05, 3.63) is 0 Å². The lowest BCUT2D eigenvalue weighted by Crippen LogP contribution is -2.14. The van der Waals surface area contributed by atoms with Crippen molar-refractivity contribution in [1.82, 2.24) is 0 Å². The Labute approximate surface area is 90.5 Å². The highest BCUT2D eigenvalue weighted by Crippen LogP contribution is 2.29. The van der Waals surface area contributed by atoms with E-state index in [0.717, 1.165) is 19.3 Å². The Bertz CT molecular complexity index is 256. The highest BCUT2D eigenvalue weighted by molar-refractivity contribution is 5.36. The number of hydrogen-bond donors (Lipinski definition) is 0. The minimum Gasteiger partial charge on any atom is -0.211 e. The number of hydrogen-bond acceptors (Lipinski definition) is 4. The fourth-order valence-electron chi connectivity index (χ4n) is 1.60. The first kappa shape index (κ1) is 13.8. The lowest BCUT2D eigenvalue weighted by molar-refractivity contribution is 0.287. The van der Waals surface area contributed by atoms with Crippen LogP contribution in [0.3, 0.4) is 0 Å². The Morgan fingerprint density at radius 3 is 2.07 bits per heavy atom. The Balaban J connectivity index is 4.20. The van der Waals surface area contributed by atoms with Crippen LogP contribution in [0, 0.1) is 5.41 Å². The van der Waals surface area contributed by atoms with Gasteiger partial charge in [0.15, 0.2) is 6.17 Å². The molecule has 0 aromatic heterocycles. The normalized spacial score (nSPS) is 12.5. The number of carbonyl (C=O) groups excluding carboxylic acids is 2. The summed E-state index contributed by atoms with van der Waals surface area (Å²) < 4.78 is 0. The van der Waals surface area contributed by atoms with Crippen LogP contribution in [0.15, 0.2) is 9.98 Å². The maximum absolute atomic E-state index is 10.1. The van der Waals surface area contributed by atoms with Crippen LogP contribution < -0.4 is 0 Å². The summed E-state index contributed by atoms with van der Waals surface area (Å²) in [6, 6.07) is 0. The van der Waals surface area contributed by atoms with Crippen molar-refractivity contribution >= 4 is 12.2 Å². The fourth-order valence-corrected chi connectivity index (χ4v) is 1.60. The third kappa shape index (κ3) is 6.78. The molecule has 0 saturated heterocycles. The van der Waals surface area contributed by atoms with Gasteiger partial charge in [0.25, 0.3) is 0 Å². The first-order valence-corrected chi connectivity index (χ1v) is 5.19. The molecule has 0 saturated carbocycles. The molecular weight excluding hydrogens is 192 g/mol. The number of nitrogens with zero attached hydrogens (tertiary/aromatic N) is 2. The molecule has 0 rings (SSSR count). The van der Waals surface area contributed by atoms with Gasteiger partial charge in [-0.3, -0.25) is 0 Å². The Morgan fingerprint density at radius 1 is 1.13 bits per heavy atom. The second-order valence-electron chi connectivity index (χ2n) is 4.37. The SMILES string of the molecule is CCCC(C)(C)CCC(N=C=O)N=C=O. The molecule has 84 valence electrons. The monoisotopic (exact) mass is 210 g/mol. The van der Waals surface area contributed by atoms with Crippen LogP contribution >= 0.6 is 0 Å². The molecule has 0 aromatic rings. The number of isocyanates is 2. The quantitative estimate of drug-likeness (QED) is 0.479. The molecule has 0 aliphatic rings. The summed E-state index contributed by atoms with van der Waals surface area (Å²) in [6.45, 7) is 6.44. The predicted molar refractivity (Wildman–Crippen MR) is 58.0 cm³/mol. The Morgan fingerprint density at radius 2 is 1.67 bits per heavy atom. The van der Waals surface area contributed by atoms with Gasteiger partial charge in [0, 0.05) is 0 Å². The molecule has 4 nitrogen and oxygen atoms in total. The van der Waals surface area contributed by atoms with Gasteiger partial charge in [0.05, 0.1) is 0 Å².